The van der Waals surface area contributed by atoms with Crippen LogP contribution >= 0.6 is 0 Å². The number of methoxy groups -OCH3 is 1. The van der Waals surface area contributed by atoms with E-state index in [1.165, 1.54) is 0 Å². The zero-order chi connectivity index (χ0) is 14.9. The first-order chi connectivity index (χ1) is 9.30. The molecule has 1 aromatic carbocycles. The van der Waals surface area contributed by atoms with Crippen LogP contribution in [0.25, 0.3) is 10.8 Å². The van der Waals surface area contributed by atoms with Gasteiger partial charge in [-0.3, -0.25) is 4.79 Å². The molecular formula is C15H17NO4. The summed E-state index contributed by atoms with van der Waals surface area (Å²) in [6.45, 7) is 5.56. The number of carbonyl (C=O) groups excluding carboxylic acids is 1. The smallest absolute Gasteiger partial charge is 0.344 e. The van der Waals surface area contributed by atoms with Crippen molar-refractivity contribution in [1.29, 1.82) is 0 Å². The first-order valence-electron chi connectivity index (χ1n) is 6.24. The van der Waals surface area contributed by atoms with Gasteiger partial charge in [0.2, 0.25) is 0 Å². The normalized spacial score (nSPS) is 11.4. The minimum absolute atomic E-state index is 0.00863. The highest BCUT2D eigenvalue weighted by Gasteiger charge is 2.18. The molecule has 106 valence electrons. The molecule has 2 aromatic rings. The first-order valence-corrected chi connectivity index (χ1v) is 6.24. The van der Waals surface area contributed by atoms with Crippen molar-refractivity contribution in [3.8, 4) is 5.75 Å². The third kappa shape index (κ3) is 2.99. The van der Waals surface area contributed by atoms with Crippen molar-refractivity contribution in [1.82, 2.24) is 5.32 Å². The maximum Gasteiger partial charge on any atom is 0.344 e. The molecule has 0 unspecified atom stereocenters. The van der Waals surface area contributed by atoms with E-state index in [2.05, 4.69) is 5.32 Å². The number of benzene rings is 1. The lowest BCUT2D eigenvalue weighted by Gasteiger charge is -2.19. The van der Waals surface area contributed by atoms with Gasteiger partial charge in [-0.1, -0.05) is 0 Å². The zero-order valence-electron chi connectivity index (χ0n) is 11.9. The summed E-state index contributed by atoms with van der Waals surface area (Å²) in [7, 11) is 1.54. The van der Waals surface area contributed by atoms with E-state index in [0.29, 0.717) is 16.5 Å². The molecule has 0 fully saturated rings. The molecule has 2 rings (SSSR count). The van der Waals surface area contributed by atoms with Gasteiger partial charge in [0, 0.05) is 5.54 Å². The maximum absolute atomic E-state index is 12.0. The molecule has 20 heavy (non-hydrogen) atoms. The summed E-state index contributed by atoms with van der Waals surface area (Å²) in [5.41, 5.74) is -0.942. The molecule has 0 radical (unpaired) electrons. The Hall–Kier alpha value is -2.30. The van der Waals surface area contributed by atoms with E-state index in [0.717, 1.165) is 0 Å². The Bertz CT molecular complexity index is 710. The zero-order valence-corrected chi connectivity index (χ0v) is 11.9. The molecule has 0 spiro atoms. The fraction of sp³-hybridized carbons (Fsp3) is 0.333. The molecule has 5 nitrogen and oxygen atoms in total. The van der Waals surface area contributed by atoms with Gasteiger partial charge in [-0.2, -0.15) is 0 Å². The van der Waals surface area contributed by atoms with Crippen molar-refractivity contribution in [3.05, 3.63) is 40.4 Å². The quantitative estimate of drug-likeness (QED) is 0.913. The fourth-order valence-corrected chi connectivity index (χ4v) is 1.81. The minimum Gasteiger partial charge on any atom is -0.497 e. The second-order valence-corrected chi connectivity index (χ2v) is 5.56. The predicted octanol–water partition coefficient (Wildman–Crippen LogP) is 2.33. The van der Waals surface area contributed by atoms with Gasteiger partial charge in [-0.25, -0.2) is 4.79 Å². The first kappa shape index (κ1) is 14.1. The number of hydrogen-bond acceptors (Lipinski definition) is 4. The number of ether oxygens (including phenoxy) is 1. The van der Waals surface area contributed by atoms with Gasteiger partial charge in [0.15, 0.2) is 5.76 Å². The number of carbonyl (C=O) groups is 1. The van der Waals surface area contributed by atoms with E-state index < -0.39 is 17.1 Å². The van der Waals surface area contributed by atoms with Crippen LogP contribution in [0.3, 0.4) is 0 Å². The summed E-state index contributed by atoms with van der Waals surface area (Å²) in [5, 5.41) is 3.78. The molecule has 0 aliphatic rings. The van der Waals surface area contributed by atoms with Crippen LogP contribution < -0.4 is 15.7 Å². The molecule has 1 heterocycles. The summed E-state index contributed by atoms with van der Waals surface area (Å²) in [6.07, 6.45) is 0. The lowest BCUT2D eigenvalue weighted by atomic mass is 10.1. The number of amides is 1. The predicted molar refractivity (Wildman–Crippen MR) is 76.3 cm³/mol. The van der Waals surface area contributed by atoms with E-state index in [4.69, 9.17) is 9.15 Å². The van der Waals surface area contributed by atoms with Crippen LogP contribution in [0.2, 0.25) is 0 Å². The minimum atomic E-state index is -0.538. The molecule has 0 aliphatic heterocycles. The van der Waals surface area contributed by atoms with Crippen molar-refractivity contribution < 1.29 is 13.9 Å². The number of rotatable bonds is 2. The van der Waals surface area contributed by atoms with E-state index in [1.54, 1.807) is 31.4 Å². The van der Waals surface area contributed by atoms with E-state index in [9.17, 15) is 9.59 Å². The molecule has 0 aliphatic carbocycles. The second-order valence-electron chi connectivity index (χ2n) is 5.56. The third-order valence-electron chi connectivity index (χ3n) is 2.68. The van der Waals surface area contributed by atoms with Crippen LogP contribution in [-0.4, -0.2) is 18.6 Å². The van der Waals surface area contributed by atoms with Gasteiger partial charge in [-0.15, -0.1) is 0 Å². The van der Waals surface area contributed by atoms with Crippen LogP contribution in [-0.2, 0) is 0 Å². The van der Waals surface area contributed by atoms with E-state index in [-0.39, 0.29) is 5.76 Å². The summed E-state index contributed by atoms with van der Waals surface area (Å²) in [5.74, 6) is 0.190. The van der Waals surface area contributed by atoms with Crippen LogP contribution in [0.5, 0.6) is 5.75 Å². The molecule has 1 amide bonds. The van der Waals surface area contributed by atoms with Crippen LogP contribution in [0.1, 0.15) is 31.3 Å². The molecule has 0 atom stereocenters. The Labute approximate surface area is 116 Å². The Morgan fingerprint density at radius 2 is 1.95 bits per heavy atom. The van der Waals surface area contributed by atoms with Gasteiger partial charge in [0.1, 0.15) is 5.75 Å². The number of fused-ring (bicyclic) bond motifs is 1. The highest BCUT2D eigenvalue weighted by atomic mass is 16.5. The fourth-order valence-electron chi connectivity index (χ4n) is 1.81. The highest BCUT2D eigenvalue weighted by Crippen LogP contribution is 2.19. The van der Waals surface area contributed by atoms with Gasteiger partial charge in [-0.05, 0) is 50.4 Å². The molecule has 1 N–H and O–H groups in total. The molecule has 1 aromatic heterocycles. The Balaban J connectivity index is 2.51. The summed E-state index contributed by atoms with van der Waals surface area (Å²) >= 11 is 0. The van der Waals surface area contributed by atoms with E-state index in [1.807, 2.05) is 20.8 Å². The third-order valence-corrected chi connectivity index (χ3v) is 2.68. The summed E-state index contributed by atoms with van der Waals surface area (Å²) in [6, 6.07) is 6.53. The van der Waals surface area contributed by atoms with Crippen molar-refractivity contribution in [2.75, 3.05) is 7.11 Å². The highest BCUT2D eigenvalue weighted by molar-refractivity contribution is 5.95. The number of nitrogens with one attached hydrogen (secondary N) is 1. The molecule has 5 heteroatoms. The molecule has 0 saturated carbocycles. The molecule has 0 saturated heterocycles. The van der Waals surface area contributed by atoms with Gasteiger partial charge in [0.25, 0.3) is 5.91 Å². The SMILES string of the molecule is COc1ccc2c(=O)oc(C(=O)NC(C)(C)C)cc2c1. The van der Waals surface area contributed by atoms with Crippen LogP contribution in [0.15, 0.2) is 33.5 Å². The number of hydrogen-bond donors (Lipinski definition) is 1. The van der Waals surface area contributed by atoms with Crippen molar-refractivity contribution in [2.45, 2.75) is 26.3 Å². The lowest BCUT2D eigenvalue weighted by molar-refractivity contribution is 0.0887. The maximum atomic E-state index is 12.0. The second kappa shape index (κ2) is 5.00. The lowest BCUT2D eigenvalue weighted by Crippen LogP contribution is -2.40. The monoisotopic (exact) mass is 275 g/mol. The van der Waals surface area contributed by atoms with Crippen molar-refractivity contribution in [3.63, 3.8) is 0 Å². The van der Waals surface area contributed by atoms with Gasteiger partial charge in [0.05, 0.1) is 12.5 Å². The average molecular weight is 275 g/mol. The Morgan fingerprint density at radius 3 is 2.55 bits per heavy atom. The standard InChI is InChI=1S/C15H17NO4/c1-15(2,3)16-13(17)12-8-9-7-10(19-4)5-6-11(9)14(18)20-12/h5-8H,1-4H3,(H,16,17). The van der Waals surface area contributed by atoms with Crippen molar-refractivity contribution >= 4 is 16.7 Å². The van der Waals surface area contributed by atoms with Crippen LogP contribution in [0.4, 0.5) is 0 Å². The largest absolute Gasteiger partial charge is 0.497 e. The Kier molecular flexibility index (Phi) is 3.53. The summed E-state index contributed by atoms with van der Waals surface area (Å²) in [4.78, 5) is 23.9. The Morgan fingerprint density at radius 1 is 1.25 bits per heavy atom. The van der Waals surface area contributed by atoms with Gasteiger partial charge < -0.3 is 14.5 Å². The summed E-state index contributed by atoms with van der Waals surface area (Å²) < 4.78 is 10.2. The van der Waals surface area contributed by atoms with E-state index >= 15 is 0 Å². The van der Waals surface area contributed by atoms with Crippen LogP contribution in [0, 0.1) is 0 Å². The topological polar surface area (TPSA) is 68.5 Å². The van der Waals surface area contributed by atoms with Crippen molar-refractivity contribution in [2.24, 2.45) is 0 Å². The molecular weight excluding hydrogens is 258 g/mol. The van der Waals surface area contributed by atoms with Gasteiger partial charge >= 0.3 is 5.63 Å². The molecule has 0 bridgehead atoms. The average Bonchev–Trinajstić information content (AvgIpc) is 2.35.